The summed E-state index contributed by atoms with van der Waals surface area (Å²) in [6.45, 7) is 1.51. The Kier molecular flexibility index (Phi) is 8.29. The van der Waals surface area contributed by atoms with Crippen molar-refractivity contribution in [3.8, 4) is 11.5 Å². The van der Waals surface area contributed by atoms with Crippen LogP contribution in [0.1, 0.15) is 22.3 Å². The van der Waals surface area contributed by atoms with E-state index in [0.717, 1.165) is 5.56 Å². The molecule has 0 saturated carbocycles. The number of esters is 1. The minimum atomic E-state index is -0.702. The minimum absolute atomic E-state index is 0.0205. The van der Waals surface area contributed by atoms with Gasteiger partial charge in [0.2, 0.25) is 0 Å². The molecule has 8 nitrogen and oxygen atoms in total. The van der Waals surface area contributed by atoms with Crippen LogP contribution in [0.2, 0.25) is 5.02 Å². The number of amides is 2. The van der Waals surface area contributed by atoms with Gasteiger partial charge in [0.25, 0.3) is 11.8 Å². The molecule has 2 amide bonds. The van der Waals surface area contributed by atoms with Crippen molar-refractivity contribution in [1.82, 2.24) is 10.9 Å². The van der Waals surface area contributed by atoms with Crippen LogP contribution in [0.5, 0.6) is 11.5 Å². The lowest BCUT2D eigenvalue weighted by atomic mass is 10.2. The van der Waals surface area contributed by atoms with Gasteiger partial charge in [0.1, 0.15) is 11.5 Å². The fourth-order valence-electron chi connectivity index (χ4n) is 2.26. The van der Waals surface area contributed by atoms with Gasteiger partial charge in [-0.15, -0.1) is 0 Å². The fraction of sp³-hybridized carbons (Fsp3) is 0.250. The van der Waals surface area contributed by atoms with Gasteiger partial charge in [0.05, 0.1) is 25.7 Å². The molecule has 2 N–H and O–H groups in total. The first-order valence-electron chi connectivity index (χ1n) is 8.67. The number of halogens is 1. The van der Waals surface area contributed by atoms with E-state index in [1.807, 2.05) is 25.1 Å². The Hall–Kier alpha value is -3.26. The van der Waals surface area contributed by atoms with E-state index in [0.29, 0.717) is 16.5 Å². The highest BCUT2D eigenvalue weighted by Gasteiger charge is 2.14. The van der Waals surface area contributed by atoms with Gasteiger partial charge in [0, 0.05) is 5.02 Å². The Bertz CT molecular complexity index is 887. The third-order valence-corrected chi connectivity index (χ3v) is 3.89. The molecule has 2 aromatic carbocycles. The first kappa shape index (κ1) is 22.0. The fourth-order valence-corrected chi connectivity index (χ4v) is 2.44. The molecule has 0 spiro atoms. The standard InChI is InChI=1S/C20H21ClN2O6/c1-13-4-3-5-15(10-13)28-9-8-19(25)29-12-18(24)22-23-20(26)16-11-14(21)6-7-17(16)27-2/h3-7,10-11H,8-9,12H2,1-2H3,(H,22,24)(H,23,26). The Balaban J connectivity index is 1.69. The summed E-state index contributed by atoms with van der Waals surface area (Å²) in [6.07, 6.45) is -0.0205. The zero-order chi connectivity index (χ0) is 21.2. The molecular weight excluding hydrogens is 400 g/mol. The molecular formula is C20H21ClN2O6. The summed E-state index contributed by atoms with van der Waals surface area (Å²) in [6, 6.07) is 11.9. The van der Waals surface area contributed by atoms with Crippen molar-refractivity contribution >= 4 is 29.4 Å². The smallest absolute Gasteiger partial charge is 0.309 e. The second kappa shape index (κ2) is 10.9. The number of hydrazine groups is 1. The number of nitrogens with one attached hydrogen (secondary N) is 2. The van der Waals surface area contributed by atoms with Gasteiger partial charge in [-0.3, -0.25) is 25.2 Å². The average Bonchev–Trinajstić information content (AvgIpc) is 2.70. The highest BCUT2D eigenvalue weighted by Crippen LogP contribution is 2.22. The molecule has 0 unspecified atom stereocenters. The van der Waals surface area contributed by atoms with Crippen molar-refractivity contribution in [2.45, 2.75) is 13.3 Å². The maximum Gasteiger partial charge on any atom is 0.309 e. The van der Waals surface area contributed by atoms with Crippen LogP contribution in [-0.4, -0.2) is 38.1 Å². The Morgan fingerprint density at radius 3 is 2.59 bits per heavy atom. The molecule has 9 heteroatoms. The Labute approximate surface area is 173 Å². The number of methoxy groups -OCH3 is 1. The summed E-state index contributed by atoms with van der Waals surface area (Å²) < 4.78 is 15.4. The number of hydrogen-bond acceptors (Lipinski definition) is 6. The summed E-state index contributed by atoms with van der Waals surface area (Å²) in [5.41, 5.74) is 5.54. The number of rotatable bonds is 8. The third-order valence-electron chi connectivity index (χ3n) is 3.65. The number of ether oxygens (including phenoxy) is 3. The molecule has 2 aromatic rings. The quantitative estimate of drug-likeness (QED) is 0.502. The molecule has 2 rings (SSSR count). The van der Waals surface area contributed by atoms with Crippen LogP contribution < -0.4 is 20.3 Å². The molecule has 0 heterocycles. The average molecular weight is 421 g/mol. The van der Waals surface area contributed by atoms with E-state index < -0.39 is 24.4 Å². The molecule has 0 radical (unpaired) electrons. The zero-order valence-corrected chi connectivity index (χ0v) is 16.7. The number of benzene rings is 2. The van der Waals surface area contributed by atoms with Gasteiger partial charge in [-0.2, -0.15) is 0 Å². The lowest BCUT2D eigenvalue weighted by molar-refractivity contribution is -0.149. The second-order valence-corrected chi connectivity index (χ2v) is 6.36. The molecule has 0 fully saturated rings. The van der Waals surface area contributed by atoms with Crippen LogP contribution in [0.4, 0.5) is 0 Å². The molecule has 0 aliphatic heterocycles. The van der Waals surface area contributed by atoms with Gasteiger partial charge in [-0.05, 0) is 42.8 Å². The van der Waals surface area contributed by atoms with E-state index in [2.05, 4.69) is 10.9 Å². The van der Waals surface area contributed by atoms with Crippen molar-refractivity contribution < 1.29 is 28.6 Å². The van der Waals surface area contributed by atoms with Crippen molar-refractivity contribution in [3.05, 3.63) is 58.6 Å². The van der Waals surface area contributed by atoms with Crippen molar-refractivity contribution in [1.29, 1.82) is 0 Å². The van der Waals surface area contributed by atoms with Crippen LogP contribution >= 0.6 is 11.6 Å². The molecule has 0 aromatic heterocycles. The predicted molar refractivity (Wildman–Crippen MR) is 106 cm³/mol. The van der Waals surface area contributed by atoms with Crippen LogP contribution in [0.15, 0.2) is 42.5 Å². The highest BCUT2D eigenvalue weighted by atomic mass is 35.5. The first-order chi connectivity index (χ1) is 13.9. The first-order valence-corrected chi connectivity index (χ1v) is 9.04. The van der Waals surface area contributed by atoms with E-state index in [-0.39, 0.29) is 18.6 Å². The van der Waals surface area contributed by atoms with Crippen molar-refractivity contribution in [3.63, 3.8) is 0 Å². The summed E-state index contributed by atoms with van der Waals surface area (Å²) >= 11 is 5.86. The predicted octanol–water partition coefficient (Wildman–Crippen LogP) is 2.43. The van der Waals surface area contributed by atoms with Crippen molar-refractivity contribution in [2.75, 3.05) is 20.3 Å². The zero-order valence-electron chi connectivity index (χ0n) is 16.0. The minimum Gasteiger partial charge on any atom is -0.496 e. The summed E-state index contributed by atoms with van der Waals surface area (Å²) in [4.78, 5) is 35.6. The van der Waals surface area contributed by atoms with Gasteiger partial charge in [-0.25, -0.2) is 0 Å². The van der Waals surface area contributed by atoms with E-state index in [4.69, 9.17) is 25.8 Å². The van der Waals surface area contributed by atoms with Gasteiger partial charge >= 0.3 is 5.97 Å². The van der Waals surface area contributed by atoms with E-state index in [9.17, 15) is 14.4 Å². The van der Waals surface area contributed by atoms with E-state index >= 15 is 0 Å². The maximum atomic E-state index is 12.1. The number of carbonyl (C=O) groups is 3. The normalized spacial score (nSPS) is 10.0. The monoisotopic (exact) mass is 420 g/mol. The van der Waals surface area contributed by atoms with E-state index in [1.54, 1.807) is 12.1 Å². The van der Waals surface area contributed by atoms with Crippen LogP contribution in [-0.2, 0) is 14.3 Å². The van der Waals surface area contributed by atoms with Crippen molar-refractivity contribution in [2.24, 2.45) is 0 Å². The van der Waals surface area contributed by atoms with Gasteiger partial charge in [0.15, 0.2) is 6.61 Å². The number of carbonyl (C=O) groups excluding carboxylic acids is 3. The second-order valence-electron chi connectivity index (χ2n) is 5.92. The molecule has 154 valence electrons. The molecule has 0 atom stereocenters. The molecule has 0 aliphatic carbocycles. The summed E-state index contributed by atoms with van der Waals surface area (Å²) in [7, 11) is 1.40. The van der Waals surface area contributed by atoms with Crippen LogP contribution in [0.25, 0.3) is 0 Å². The lowest BCUT2D eigenvalue weighted by Crippen LogP contribution is -2.43. The van der Waals surface area contributed by atoms with Crippen LogP contribution in [0.3, 0.4) is 0 Å². The SMILES string of the molecule is COc1ccc(Cl)cc1C(=O)NNC(=O)COC(=O)CCOc1cccc(C)c1. The van der Waals surface area contributed by atoms with Gasteiger partial charge in [-0.1, -0.05) is 23.7 Å². The topological polar surface area (TPSA) is 103 Å². The Morgan fingerprint density at radius 2 is 1.86 bits per heavy atom. The molecule has 0 aliphatic rings. The summed E-state index contributed by atoms with van der Waals surface area (Å²) in [5.74, 6) is -0.991. The summed E-state index contributed by atoms with van der Waals surface area (Å²) in [5, 5.41) is 0.337. The number of aryl methyl sites for hydroxylation is 1. The largest absolute Gasteiger partial charge is 0.496 e. The Morgan fingerprint density at radius 1 is 1.07 bits per heavy atom. The van der Waals surface area contributed by atoms with E-state index in [1.165, 1.54) is 19.2 Å². The molecule has 29 heavy (non-hydrogen) atoms. The molecule has 0 saturated heterocycles. The van der Waals surface area contributed by atoms with Crippen LogP contribution in [0, 0.1) is 6.92 Å². The number of hydrogen-bond donors (Lipinski definition) is 2. The molecule has 0 bridgehead atoms. The maximum absolute atomic E-state index is 12.1. The third kappa shape index (κ3) is 7.34. The highest BCUT2D eigenvalue weighted by molar-refractivity contribution is 6.31. The lowest BCUT2D eigenvalue weighted by Gasteiger charge is -2.11. The van der Waals surface area contributed by atoms with Gasteiger partial charge < -0.3 is 14.2 Å².